The van der Waals surface area contributed by atoms with Gasteiger partial charge in [-0.25, -0.2) is 0 Å². The Morgan fingerprint density at radius 3 is 1.83 bits per heavy atom. The molecule has 1 aliphatic heterocycles. The minimum Gasteiger partial charge on any atom is -0.370 e. The molecule has 1 heterocycles. The highest BCUT2D eigenvalue weighted by Crippen LogP contribution is 2.48. The van der Waals surface area contributed by atoms with Crippen LogP contribution in [0.2, 0.25) is 0 Å². The second-order valence-corrected chi connectivity index (χ2v) is 21.5. The van der Waals surface area contributed by atoms with Gasteiger partial charge >= 0.3 is 0 Å². The molecule has 17 N–H and O–H groups in total. The Morgan fingerprint density at radius 2 is 1.26 bits per heavy atom. The first-order valence-electron chi connectivity index (χ1n) is 24.7. The summed E-state index contributed by atoms with van der Waals surface area (Å²) in [6, 6.07) is 8.97. The molecule has 4 rings (SSSR count). The Hall–Kier alpha value is -7.42. The van der Waals surface area contributed by atoms with Gasteiger partial charge in [0.05, 0.1) is 19.5 Å². The molecule has 1 saturated carbocycles. The van der Waals surface area contributed by atoms with Crippen LogP contribution in [0.15, 0.2) is 65.7 Å². The van der Waals surface area contributed by atoms with Gasteiger partial charge in [0.15, 0.2) is 5.96 Å². The fraction of sp³-hybridized carbons (Fsp3) is 0.510. The maximum Gasteiger partial charge on any atom is 0.246 e. The zero-order valence-electron chi connectivity index (χ0n) is 42.3. The second kappa shape index (κ2) is 30.8. The smallest absolute Gasteiger partial charge is 0.246 e. The van der Waals surface area contributed by atoms with Crippen LogP contribution in [0.25, 0.3) is 0 Å². The summed E-state index contributed by atoms with van der Waals surface area (Å²) in [6.07, 6.45) is 2.03. The largest absolute Gasteiger partial charge is 0.370 e. The number of carbonyl (C=O) groups excluding carboxylic acids is 11. The molecule has 2 fully saturated rings. The summed E-state index contributed by atoms with van der Waals surface area (Å²) in [5.74, 6) is -9.70. The topological polar surface area (TPSA) is 418 Å². The molecule has 27 heteroatoms. The van der Waals surface area contributed by atoms with Crippen molar-refractivity contribution in [3.05, 3.63) is 71.8 Å². The molecule has 0 aromatic heterocycles. The van der Waals surface area contributed by atoms with Crippen molar-refractivity contribution in [2.75, 3.05) is 32.4 Å². The van der Waals surface area contributed by atoms with Crippen molar-refractivity contribution in [1.29, 1.82) is 0 Å². The number of benzene rings is 2. The summed E-state index contributed by atoms with van der Waals surface area (Å²) in [5.41, 5.74) is 28.4. The lowest BCUT2D eigenvalue weighted by Crippen LogP contribution is -2.60. The average Bonchev–Trinajstić information content (AvgIpc) is 3.36. The quantitative estimate of drug-likeness (QED) is 0.0274. The Labute approximate surface area is 448 Å². The van der Waals surface area contributed by atoms with Crippen molar-refractivity contribution in [1.82, 2.24) is 42.1 Å². The molecule has 2 aliphatic rings. The highest BCUT2D eigenvalue weighted by Gasteiger charge is 2.39. The van der Waals surface area contributed by atoms with Crippen LogP contribution in [-0.4, -0.2) is 149 Å². The molecule has 25 nitrogen and oxygen atoms in total. The molecule has 2 aromatic rings. The van der Waals surface area contributed by atoms with E-state index in [1.165, 1.54) is 17.8 Å². The Kier molecular flexibility index (Phi) is 24.8. The minimum absolute atomic E-state index is 0.00623. The molecule has 1 aliphatic carbocycles. The standard InChI is InChI=1S/C49H70N14O11S2/c1-63(27-41(68)57-31(16-11-21-55-48(53)54)42(69)56-26-39(52)66)47(74)36-28-75-76-49(19-9-4-10-20-49)25-40(67)58-33(22-29-12-5-2-6-13-29)44(71)60-34(23-30-14-7-3-8-15-30)45(72)59-32(17-18-37(50)64)43(70)61-35(24-38(51)65)46(73)62-36/h2-3,5-8,12-15,31-36H,4,9-11,16-28H2,1H3,(H2,50,64)(H2,51,65)(H2,52,66)(H,56,69)(H,57,68)(H,58,67)(H,59,72)(H,60,71)(H,61,70)(H,62,73)(H4,53,54,55)/t31-,32-,33-,34-,35-,36-/m0/s1. The predicted molar refractivity (Wildman–Crippen MR) is 284 cm³/mol. The van der Waals surface area contributed by atoms with E-state index in [0.717, 1.165) is 35.0 Å². The van der Waals surface area contributed by atoms with Crippen LogP contribution < -0.4 is 65.9 Å². The molecule has 0 unspecified atom stereocenters. The molecule has 0 bridgehead atoms. The maximum atomic E-state index is 14.5. The lowest BCUT2D eigenvalue weighted by Gasteiger charge is -2.36. The Balaban J connectivity index is 1.74. The van der Waals surface area contributed by atoms with E-state index in [2.05, 4.69) is 42.2 Å². The first kappa shape index (κ1) is 61.1. The molecule has 2 aromatic carbocycles. The van der Waals surface area contributed by atoms with E-state index in [0.29, 0.717) is 24.0 Å². The van der Waals surface area contributed by atoms with Gasteiger partial charge in [0.25, 0.3) is 0 Å². The number of nitrogens with zero attached hydrogens (tertiary/aromatic N) is 2. The molecule has 6 atom stereocenters. The summed E-state index contributed by atoms with van der Waals surface area (Å²) in [7, 11) is 3.74. The van der Waals surface area contributed by atoms with Gasteiger partial charge in [0.2, 0.25) is 65.0 Å². The number of hydrogen-bond donors (Lipinski definition) is 12. The number of amides is 11. The lowest BCUT2D eigenvalue weighted by atomic mass is 9.85. The molecule has 414 valence electrons. The number of primary amides is 3. The fourth-order valence-electron chi connectivity index (χ4n) is 8.47. The fourth-order valence-corrected chi connectivity index (χ4v) is 11.8. The van der Waals surface area contributed by atoms with Gasteiger partial charge in [0, 0.05) is 49.8 Å². The normalized spacial score (nSPS) is 21.1. The van der Waals surface area contributed by atoms with Crippen LogP contribution in [0.5, 0.6) is 0 Å². The number of rotatable bonds is 20. The third-order valence-corrected chi connectivity index (χ3v) is 15.6. The van der Waals surface area contributed by atoms with Gasteiger partial charge in [-0.3, -0.25) is 57.7 Å². The van der Waals surface area contributed by atoms with E-state index in [1.807, 2.05) is 0 Å². The van der Waals surface area contributed by atoms with E-state index < -0.39 is 138 Å². The molecule has 11 amide bonds. The summed E-state index contributed by atoms with van der Waals surface area (Å²) in [5, 5.41) is 18.2. The van der Waals surface area contributed by atoms with Gasteiger partial charge in [-0.2, -0.15) is 0 Å². The molecular formula is C49H70N14O11S2. The van der Waals surface area contributed by atoms with Gasteiger partial charge < -0.3 is 70.8 Å². The van der Waals surface area contributed by atoms with Crippen molar-refractivity contribution in [2.45, 2.75) is 124 Å². The molecule has 76 heavy (non-hydrogen) atoms. The van der Waals surface area contributed by atoms with E-state index in [-0.39, 0.29) is 50.4 Å². The van der Waals surface area contributed by atoms with Gasteiger partial charge in [-0.15, -0.1) is 0 Å². The van der Waals surface area contributed by atoms with E-state index in [9.17, 15) is 52.7 Å². The van der Waals surface area contributed by atoms with Crippen molar-refractivity contribution in [3.8, 4) is 0 Å². The molecule has 1 spiro atoms. The molecular weight excluding hydrogens is 1020 g/mol. The predicted octanol–water partition coefficient (Wildman–Crippen LogP) is -2.88. The van der Waals surface area contributed by atoms with Gasteiger partial charge in [0.1, 0.15) is 36.3 Å². The summed E-state index contributed by atoms with van der Waals surface area (Å²) in [4.78, 5) is 154. The average molecular weight is 1100 g/mol. The Bertz CT molecular complexity index is 2410. The lowest BCUT2D eigenvalue weighted by molar-refractivity contribution is -0.139. The van der Waals surface area contributed by atoms with E-state index in [1.54, 1.807) is 60.7 Å². The van der Waals surface area contributed by atoms with Crippen LogP contribution in [0.1, 0.15) is 81.8 Å². The first-order chi connectivity index (χ1) is 36.1. The zero-order chi connectivity index (χ0) is 55.8. The van der Waals surface area contributed by atoms with Crippen molar-refractivity contribution in [2.24, 2.45) is 33.7 Å². The highest BCUT2D eigenvalue weighted by atomic mass is 33.1. The van der Waals surface area contributed by atoms with Crippen LogP contribution in [-0.2, 0) is 65.6 Å². The van der Waals surface area contributed by atoms with Crippen molar-refractivity contribution in [3.63, 3.8) is 0 Å². The van der Waals surface area contributed by atoms with Crippen molar-refractivity contribution >= 4 is 92.5 Å². The number of carbonyl (C=O) groups is 11. The van der Waals surface area contributed by atoms with Crippen LogP contribution in [0.4, 0.5) is 0 Å². The summed E-state index contributed by atoms with van der Waals surface area (Å²) < 4.78 is -0.728. The van der Waals surface area contributed by atoms with Crippen LogP contribution in [0.3, 0.4) is 0 Å². The van der Waals surface area contributed by atoms with Gasteiger partial charge in [-0.05, 0) is 43.2 Å². The summed E-state index contributed by atoms with van der Waals surface area (Å²) >= 11 is 0. The number of aliphatic imine (C=N–C) groups is 1. The van der Waals surface area contributed by atoms with Crippen LogP contribution >= 0.6 is 21.6 Å². The minimum atomic E-state index is -1.77. The maximum absolute atomic E-state index is 14.5. The first-order valence-corrected chi connectivity index (χ1v) is 27.1. The van der Waals surface area contributed by atoms with E-state index in [4.69, 9.17) is 28.7 Å². The molecule has 0 radical (unpaired) electrons. The third-order valence-electron chi connectivity index (χ3n) is 12.3. The monoisotopic (exact) mass is 1090 g/mol. The number of hydrogen-bond acceptors (Lipinski definition) is 14. The zero-order valence-corrected chi connectivity index (χ0v) is 44.0. The molecule has 1 saturated heterocycles. The van der Waals surface area contributed by atoms with E-state index >= 15 is 0 Å². The second-order valence-electron chi connectivity index (χ2n) is 18.7. The Morgan fingerprint density at radius 1 is 0.711 bits per heavy atom. The van der Waals surface area contributed by atoms with Gasteiger partial charge in [-0.1, -0.05) is 102 Å². The van der Waals surface area contributed by atoms with Crippen LogP contribution in [0, 0.1) is 0 Å². The third kappa shape index (κ3) is 21.4. The number of likely N-dealkylation sites (N-methyl/N-ethyl adjacent to an activating group) is 1. The number of nitrogens with one attached hydrogen (secondary N) is 7. The summed E-state index contributed by atoms with van der Waals surface area (Å²) in [6.45, 7) is -1.09. The number of nitrogens with two attached hydrogens (primary N) is 5. The SMILES string of the molecule is CN(CC(=O)N[C@@H](CCCN=C(N)N)C(=O)NCC(N)=O)C(=O)[C@@H]1CSSC2(CCCCC2)CC(=O)N[C@@H](Cc2ccccc2)C(=O)N[C@@H](Cc2ccccc2)C(=O)N[C@@H](CCC(N)=O)C(=O)N[C@@H](CC(N)=O)C(=O)N1. The van der Waals surface area contributed by atoms with Crippen molar-refractivity contribution < 1.29 is 52.7 Å². The number of guanidine groups is 1. The highest BCUT2D eigenvalue weighted by molar-refractivity contribution is 8.77.